The number of aliphatic carboxylic acids is 1. The maximum absolute atomic E-state index is 12.8. The summed E-state index contributed by atoms with van der Waals surface area (Å²) in [5.74, 6) is -0.128. The van der Waals surface area contributed by atoms with Crippen LogP contribution in [0.5, 0.6) is 17.2 Å². The van der Waals surface area contributed by atoms with Gasteiger partial charge in [-0.1, -0.05) is 29.5 Å². The van der Waals surface area contributed by atoms with Crippen molar-refractivity contribution in [1.29, 1.82) is 0 Å². The Morgan fingerprint density at radius 2 is 1.66 bits per heavy atom. The first-order valence-electron chi connectivity index (χ1n) is 13.2. The lowest BCUT2D eigenvalue weighted by Gasteiger charge is -2.15. The number of thiazole rings is 1. The van der Waals surface area contributed by atoms with Gasteiger partial charge in [0.1, 0.15) is 30.5 Å². The Morgan fingerprint density at radius 3 is 2.27 bits per heavy atom. The molecular weight excluding hydrogens is 603 g/mol. The van der Waals surface area contributed by atoms with Gasteiger partial charge in [-0.2, -0.15) is 13.2 Å². The molecule has 0 bridgehead atoms. The number of carbonyl (C=O) groups is 2. The minimum Gasteiger partial charge on any atom is -0.497 e. The third kappa shape index (κ3) is 8.71. The lowest BCUT2D eigenvalue weighted by Crippen LogP contribution is -2.31. The molecule has 1 N–H and O–H groups in total. The van der Waals surface area contributed by atoms with Crippen LogP contribution in [0, 0.1) is 0 Å². The summed E-state index contributed by atoms with van der Waals surface area (Å²) < 4.78 is 60.1. The molecule has 0 saturated heterocycles. The average Bonchev–Trinajstić information content (AvgIpc) is 3.31. The molecule has 0 amide bonds. The smallest absolute Gasteiger partial charge is 0.411 e. The molecule has 4 aromatic rings. The van der Waals surface area contributed by atoms with Crippen LogP contribution in [0.4, 0.5) is 13.2 Å². The van der Waals surface area contributed by atoms with E-state index in [1.807, 2.05) is 0 Å². The number of hydrogen-bond donors (Lipinski definition) is 1. The SMILES string of the molecule is COc1cc(/C=C/C(=O)c2ccc3c(c2)sc(=O)n3CCOc2ccc(CC(OCC(F)(F)F)C(=O)O)cc2)cc(OC)c1. The lowest BCUT2D eigenvalue weighted by atomic mass is 10.1. The van der Waals surface area contributed by atoms with Crippen LogP contribution >= 0.6 is 11.3 Å². The maximum Gasteiger partial charge on any atom is 0.411 e. The zero-order chi connectivity index (χ0) is 31.9. The number of methoxy groups -OCH3 is 2. The van der Waals surface area contributed by atoms with E-state index in [-0.39, 0.29) is 30.2 Å². The Labute approximate surface area is 253 Å². The topological polar surface area (TPSA) is 113 Å². The lowest BCUT2D eigenvalue weighted by molar-refractivity contribution is -0.192. The van der Waals surface area contributed by atoms with Gasteiger partial charge in [0.2, 0.25) is 0 Å². The molecule has 0 fully saturated rings. The third-order valence-electron chi connectivity index (χ3n) is 6.41. The van der Waals surface area contributed by atoms with Gasteiger partial charge in [0.25, 0.3) is 0 Å². The largest absolute Gasteiger partial charge is 0.497 e. The van der Waals surface area contributed by atoms with Gasteiger partial charge >= 0.3 is 17.0 Å². The molecular formula is C31H28F3NO8S. The zero-order valence-electron chi connectivity index (χ0n) is 23.6. The van der Waals surface area contributed by atoms with Crippen LogP contribution in [0.2, 0.25) is 0 Å². The van der Waals surface area contributed by atoms with Crippen molar-refractivity contribution in [2.45, 2.75) is 25.2 Å². The molecule has 0 aliphatic rings. The fourth-order valence-electron chi connectivity index (χ4n) is 4.23. The highest BCUT2D eigenvalue weighted by atomic mass is 32.1. The third-order valence-corrected chi connectivity index (χ3v) is 7.35. The monoisotopic (exact) mass is 631 g/mol. The fraction of sp³-hybridized carbons (Fsp3) is 0.258. The van der Waals surface area contributed by atoms with Crippen molar-refractivity contribution in [3.63, 3.8) is 0 Å². The molecule has 4 rings (SSSR count). The molecule has 9 nitrogen and oxygen atoms in total. The maximum atomic E-state index is 12.8. The van der Waals surface area contributed by atoms with E-state index in [2.05, 4.69) is 4.74 Å². The molecule has 0 aliphatic carbocycles. The van der Waals surface area contributed by atoms with Crippen LogP contribution in [0.3, 0.4) is 0 Å². The van der Waals surface area contributed by atoms with Crippen LogP contribution in [0.15, 0.2) is 71.5 Å². The van der Waals surface area contributed by atoms with Crippen molar-refractivity contribution >= 4 is 39.4 Å². The summed E-state index contributed by atoms with van der Waals surface area (Å²) >= 11 is 1.01. The van der Waals surface area contributed by atoms with Crippen molar-refractivity contribution in [3.05, 3.63) is 93.1 Å². The predicted octanol–water partition coefficient (Wildman–Crippen LogP) is 5.63. The van der Waals surface area contributed by atoms with E-state index in [4.69, 9.17) is 19.3 Å². The molecule has 1 atom stereocenters. The quantitative estimate of drug-likeness (QED) is 0.141. The first kappa shape index (κ1) is 32.3. The van der Waals surface area contributed by atoms with E-state index in [1.165, 1.54) is 37.0 Å². The van der Waals surface area contributed by atoms with Crippen molar-refractivity contribution < 1.29 is 46.8 Å². The highest BCUT2D eigenvalue weighted by Gasteiger charge is 2.31. The van der Waals surface area contributed by atoms with E-state index in [0.717, 1.165) is 16.9 Å². The number of hydrogen-bond acceptors (Lipinski definition) is 8. The van der Waals surface area contributed by atoms with Gasteiger partial charge < -0.3 is 24.1 Å². The van der Waals surface area contributed by atoms with E-state index in [9.17, 15) is 27.6 Å². The number of fused-ring (bicyclic) bond motifs is 1. The predicted molar refractivity (Wildman–Crippen MR) is 158 cm³/mol. The van der Waals surface area contributed by atoms with Gasteiger partial charge in [-0.15, -0.1) is 0 Å². The summed E-state index contributed by atoms with van der Waals surface area (Å²) in [5.41, 5.74) is 2.24. The molecule has 0 radical (unpaired) electrons. The normalized spacial score (nSPS) is 12.4. The number of carboxylic acid groups (broad SMARTS) is 1. The first-order chi connectivity index (χ1) is 21.0. The number of ketones is 1. The first-order valence-corrected chi connectivity index (χ1v) is 14.0. The minimum atomic E-state index is -4.63. The van der Waals surface area contributed by atoms with Gasteiger partial charge in [-0.05, 0) is 59.7 Å². The van der Waals surface area contributed by atoms with Gasteiger partial charge in [-0.25, -0.2) is 4.79 Å². The van der Waals surface area contributed by atoms with Crippen LogP contribution in [-0.2, 0) is 22.5 Å². The highest BCUT2D eigenvalue weighted by Crippen LogP contribution is 2.24. The van der Waals surface area contributed by atoms with Crippen LogP contribution < -0.4 is 19.1 Å². The summed E-state index contributed by atoms with van der Waals surface area (Å²) in [4.78, 5) is 36.6. The Morgan fingerprint density at radius 1 is 0.977 bits per heavy atom. The van der Waals surface area contributed by atoms with Gasteiger partial charge in [-0.3, -0.25) is 14.2 Å². The second kappa shape index (κ2) is 14.2. The summed E-state index contributed by atoms with van der Waals surface area (Å²) in [6.45, 7) is -1.31. The molecule has 232 valence electrons. The molecule has 1 heterocycles. The van der Waals surface area contributed by atoms with Crippen LogP contribution in [-0.4, -0.2) is 61.1 Å². The summed E-state index contributed by atoms with van der Waals surface area (Å²) in [6.07, 6.45) is -3.44. The summed E-state index contributed by atoms with van der Waals surface area (Å²) in [6, 6.07) is 16.5. The number of halogens is 3. The van der Waals surface area contributed by atoms with E-state index >= 15 is 0 Å². The number of nitrogens with zero attached hydrogens (tertiary/aromatic N) is 1. The van der Waals surface area contributed by atoms with Gasteiger partial charge in [0.15, 0.2) is 11.9 Å². The van der Waals surface area contributed by atoms with Gasteiger partial charge in [0.05, 0.1) is 31.0 Å². The highest BCUT2D eigenvalue weighted by molar-refractivity contribution is 7.16. The second-order valence-corrected chi connectivity index (χ2v) is 10.5. The molecule has 44 heavy (non-hydrogen) atoms. The van der Waals surface area contributed by atoms with E-state index in [0.29, 0.717) is 38.6 Å². The standard InChI is InChI=1S/C31H28F3NO8S/c1-40-23-13-20(14-24(17-23)41-2)5-10-26(36)21-6-9-25-28(16-21)44-30(39)35(25)11-12-42-22-7-3-19(4-8-22)15-27(29(37)38)43-18-31(32,33)34/h3-10,13-14,16-17,27H,11-12,15,18H2,1-2H3,(H,37,38)/b10-5+. The second-order valence-electron chi connectivity index (χ2n) is 9.50. The average molecular weight is 632 g/mol. The molecule has 0 saturated carbocycles. The number of alkyl halides is 3. The van der Waals surface area contributed by atoms with Crippen molar-refractivity contribution in [3.8, 4) is 17.2 Å². The van der Waals surface area contributed by atoms with E-state index < -0.39 is 24.9 Å². The molecule has 3 aromatic carbocycles. The van der Waals surface area contributed by atoms with Crippen molar-refractivity contribution in [2.24, 2.45) is 0 Å². The number of ether oxygens (including phenoxy) is 4. The van der Waals surface area contributed by atoms with Gasteiger partial charge in [0, 0.05) is 18.1 Å². The zero-order valence-corrected chi connectivity index (χ0v) is 24.4. The molecule has 1 unspecified atom stereocenters. The number of rotatable bonds is 14. The Balaban J connectivity index is 1.36. The molecule has 0 aliphatic heterocycles. The van der Waals surface area contributed by atoms with Crippen molar-refractivity contribution in [1.82, 2.24) is 4.57 Å². The number of allylic oxidation sites excluding steroid dienone is 1. The fourth-order valence-corrected chi connectivity index (χ4v) is 5.19. The Bertz CT molecular complexity index is 1690. The number of aromatic nitrogens is 1. The Hall–Kier alpha value is -4.62. The number of carboxylic acids is 1. The molecule has 13 heteroatoms. The summed E-state index contributed by atoms with van der Waals surface area (Å²) in [7, 11) is 3.08. The number of carbonyl (C=O) groups excluding carboxylic acids is 1. The van der Waals surface area contributed by atoms with Crippen LogP contribution in [0.1, 0.15) is 21.5 Å². The number of benzene rings is 3. The Kier molecular flexibility index (Phi) is 10.4. The molecule has 1 aromatic heterocycles. The van der Waals surface area contributed by atoms with Crippen LogP contribution in [0.25, 0.3) is 16.3 Å². The molecule has 0 spiro atoms. The van der Waals surface area contributed by atoms with E-state index in [1.54, 1.807) is 54.6 Å². The van der Waals surface area contributed by atoms with Crippen molar-refractivity contribution in [2.75, 3.05) is 27.4 Å². The minimum absolute atomic E-state index is 0.130. The summed E-state index contributed by atoms with van der Waals surface area (Å²) in [5, 5.41) is 9.16.